The van der Waals surface area contributed by atoms with Gasteiger partial charge >= 0.3 is 0 Å². The second-order valence-corrected chi connectivity index (χ2v) is 5.91. The molecule has 1 unspecified atom stereocenters. The average molecular weight is 228 g/mol. The van der Waals surface area contributed by atoms with Gasteiger partial charge in [-0.2, -0.15) is 5.26 Å². The van der Waals surface area contributed by atoms with Gasteiger partial charge in [0.25, 0.3) is 0 Å². The molecule has 5 nitrogen and oxygen atoms in total. The van der Waals surface area contributed by atoms with Crippen LogP contribution in [0, 0.1) is 16.7 Å². The Kier molecular flexibility index (Phi) is 2.86. The molecule has 0 aromatic rings. The van der Waals surface area contributed by atoms with Gasteiger partial charge in [0.1, 0.15) is 5.41 Å². The minimum absolute atomic E-state index is 0.125. The van der Waals surface area contributed by atoms with Gasteiger partial charge < -0.3 is 5.32 Å². The maximum Gasteiger partial charge on any atom is 0.240 e. The lowest BCUT2D eigenvalue weighted by molar-refractivity contribution is -0.127. The summed E-state index contributed by atoms with van der Waals surface area (Å²) in [6.07, 6.45) is 1.42. The monoisotopic (exact) mass is 228 g/mol. The van der Waals surface area contributed by atoms with E-state index in [1.807, 2.05) is 6.07 Å². The molecule has 1 aliphatic heterocycles. The molecule has 0 saturated heterocycles. The molecule has 0 aromatic heterocycles. The summed E-state index contributed by atoms with van der Waals surface area (Å²) in [5, 5.41) is 12.3. The number of nitrogens with zero attached hydrogens (tertiary/aromatic N) is 1. The van der Waals surface area contributed by atoms with Gasteiger partial charge in [-0.05, 0) is 19.9 Å². The van der Waals surface area contributed by atoms with Gasteiger partial charge in [-0.15, -0.1) is 0 Å². The summed E-state index contributed by atoms with van der Waals surface area (Å²) in [5.74, 6) is -0.586. The van der Waals surface area contributed by atoms with E-state index in [2.05, 4.69) is 5.32 Å². The van der Waals surface area contributed by atoms with Crippen LogP contribution in [0.3, 0.4) is 0 Å². The van der Waals surface area contributed by atoms with Crippen LogP contribution in [-0.2, 0) is 14.6 Å². The molecule has 1 aliphatic rings. The summed E-state index contributed by atoms with van der Waals surface area (Å²) in [6.45, 7) is 2.96. The molecule has 0 fully saturated rings. The smallest absolute Gasteiger partial charge is 0.240 e. The van der Waals surface area contributed by atoms with E-state index in [-0.39, 0.29) is 5.75 Å². The summed E-state index contributed by atoms with van der Waals surface area (Å²) in [7, 11) is -3.17. The molecule has 82 valence electrons. The van der Waals surface area contributed by atoms with Crippen molar-refractivity contribution < 1.29 is 13.2 Å². The third-order valence-corrected chi connectivity index (χ3v) is 3.49. The predicted molar refractivity (Wildman–Crippen MR) is 54.3 cm³/mol. The van der Waals surface area contributed by atoms with Crippen molar-refractivity contribution in [2.75, 3.05) is 5.75 Å². The van der Waals surface area contributed by atoms with E-state index in [9.17, 15) is 13.2 Å². The molecule has 1 heterocycles. The van der Waals surface area contributed by atoms with Gasteiger partial charge in [-0.25, -0.2) is 8.42 Å². The number of rotatable bonds is 2. The summed E-state index contributed by atoms with van der Waals surface area (Å²) in [6, 6.07) is 1.33. The minimum Gasteiger partial charge on any atom is -0.347 e. The van der Waals surface area contributed by atoms with Crippen LogP contribution in [0.2, 0.25) is 0 Å². The maximum atomic E-state index is 11.5. The molecule has 1 amide bonds. The molecule has 0 saturated carbocycles. The first-order chi connectivity index (χ1) is 6.77. The number of carbonyl (C=O) groups is 1. The molecule has 1 rings (SSSR count). The summed E-state index contributed by atoms with van der Waals surface area (Å²) in [4.78, 5) is 11.5. The Labute approximate surface area is 88.7 Å². The lowest BCUT2D eigenvalue weighted by Gasteiger charge is -2.17. The molecule has 0 spiro atoms. The minimum atomic E-state index is -3.17. The van der Waals surface area contributed by atoms with Gasteiger partial charge in [0, 0.05) is 5.41 Å². The molecule has 1 N–H and O–H groups in total. The van der Waals surface area contributed by atoms with Crippen LogP contribution in [0.25, 0.3) is 0 Å². The number of sulfone groups is 1. The molecular formula is C9H12N2O3S. The Hall–Kier alpha value is -1.35. The second-order valence-electron chi connectivity index (χ2n) is 3.97. The quantitative estimate of drug-likeness (QED) is 0.718. The van der Waals surface area contributed by atoms with E-state index in [1.54, 1.807) is 0 Å². The first kappa shape index (κ1) is 11.7. The van der Waals surface area contributed by atoms with Crippen LogP contribution in [0.4, 0.5) is 0 Å². The van der Waals surface area contributed by atoms with E-state index in [0.717, 1.165) is 5.41 Å². The Balaban J connectivity index is 2.64. The highest BCUT2D eigenvalue weighted by Crippen LogP contribution is 2.15. The fourth-order valence-electron chi connectivity index (χ4n) is 1.07. The van der Waals surface area contributed by atoms with E-state index < -0.39 is 27.2 Å². The molecule has 0 aliphatic carbocycles. The van der Waals surface area contributed by atoms with Crippen molar-refractivity contribution in [3.05, 3.63) is 11.5 Å². The standard InChI is InChI=1S/C9H12N2O3S/c1-9(2,6-10)8(12)11-7-3-4-15(13,14)5-7/h3-4,7H,5H2,1-2H3,(H,11,12). The van der Waals surface area contributed by atoms with Crippen molar-refractivity contribution in [3.63, 3.8) is 0 Å². The van der Waals surface area contributed by atoms with Gasteiger partial charge in [0.05, 0.1) is 17.9 Å². The van der Waals surface area contributed by atoms with E-state index in [1.165, 1.54) is 19.9 Å². The Bertz CT molecular complexity index is 442. The summed E-state index contributed by atoms with van der Waals surface area (Å²) < 4.78 is 22.1. The normalized spacial score (nSPS) is 23.4. The number of carbonyl (C=O) groups excluding carboxylic acids is 1. The molecular weight excluding hydrogens is 216 g/mol. The van der Waals surface area contributed by atoms with Gasteiger partial charge in [-0.1, -0.05) is 0 Å². The number of hydrogen-bond donors (Lipinski definition) is 1. The Morgan fingerprint density at radius 1 is 1.60 bits per heavy atom. The third kappa shape index (κ3) is 2.80. The van der Waals surface area contributed by atoms with Crippen LogP contribution in [0.5, 0.6) is 0 Å². The van der Waals surface area contributed by atoms with Crippen LogP contribution < -0.4 is 5.32 Å². The largest absolute Gasteiger partial charge is 0.347 e. The van der Waals surface area contributed by atoms with Gasteiger partial charge in [-0.3, -0.25) is 4.79 Å². The van der Waals surface area contributed by atoms with Crippen molar-refractivity contribution >= 4 is 15.7 Å². The SMILES string of the molecule is CC(C)(C#N)C(=O)NC1C=CS(=O)(=O)C1. The zero-order valence-corrected chi connectivity index (χ0v) is 9.34. The molecule has 0 bridgehead atoms. The Morgan fingerprint density at radius 3 is 2.60 bits per heavy atom. The maximum absolute atomic E-state index is 11.5. The number of nitriles is 1. The molecule has 6 heteroatoms. The van der Waals surface area contributed by atoms with Crippen LogP contribution >= 0.6 is 0 Å². The van der Waals surface area contributed by atoms with E-state index in [0.29, 0.717) is 0 Å². The molecule has 0 radical (unpaired) electrons. The topological polar surface area (TPSA) is 87.0 Å². The van der Waals surface area contributed by atoms with Gasteiger partial charge in [0.2, 0.25) is 5.91 Å². The number of hydrogen-bond acceptors (Lipinski definition) is 4. The number of nitrogens with one attached hydrogen (secondary N) is 1. The fraction of sp³-hybridized carbons (Fsp3) is 0.556. The highest BCUT2D eigenvalue weighted by molar-refractivity contribution is 7.94. The lowest BCUT2D eigenvalue weighted by atomic mass is 9.94. The summed E-state index contributed by atoms with van der Waals surface area (Å²) >= 11 is 0. The van der Waals surface area contributed by atoms with E-state index >= 15 is 0 Å². The lowest BCUT2D eigenvalue weighted by Crippen LogP contribution is -2.42. The van der Waals surface area contributed by atoms with Gasteiger partial charge in [0.15, 0.2) is 9.84 Å². The van der Waals surface area contributed by atoms with Crippen LogP contribution in [0.1, 0.15) is 13.8 Å². The highest BCUT2D eigenvalue weighted by atomic mass is 32.2. The number of amides is 1. The Morgan fingerprint density at radius 2 is 2.20 bits per heavy atom. The van der Waals surface area contributed by atoms with Crippen molar-refractivity contribution in [2.45, 2.75) is 19.9 Å². The van der Waals surface area contributed by atoms with Crippen molar-refractivity contribution in [3.8, 4) is 6.07 Å². The van der Waals surface area contributed by atoms with E-state index in [4.69, 9.17) is 5.26 Å². The molecule has 1 atom stereocenters. The van der Waals surface area contributed by atoms with Crippen LogP contribution in [-0.4, -0.2) is 26.1 Å². The fourth-order valence-corrected chi connectivity index (χ4v) is 2.30. The predicted octanol–water partition coefficient (Wildman–Crippen LogP) is -0.0369. The first-order valence-electron chi connectivity index (χ1n) is 4.40. The molecule has 15 heavy (non-hydrogen) atoms. The zero-order chi connectivity index (χ0) is 11.7. The highest BCUT2D eigenvalue weighted by Gasteiger charge is 2.31. The van der Waals surface area contributed by atoms with Crippen molar-refractivity contribution in [2.24, 2.45) is 5.41 Å². The first-order valence-corrected chi connectivity index (χ1v) is 6.11. The van der Waals surface area contributed by atoms with Crippen molar-refractivity contribution in [1.82, 2.24) is 5.32 Å². The zero-order valence-electron chi connectivity index (χ0n) is 8.52. The average Bonchev–Trinajstić information content (AvgIpc) is 2.45. The second kappa shape index (κ2) is 3.66. The molecule has 0 aromatic carbocycles. The third-order valence-electron chi connectivity index (χ3n) is 2.09. The summed E-state index contributed by atoms with van der Waals surface area (Å²) in [5.41, 5.74) is -1.14. The van der Waals surface area contributed by atoms with Crippen molar-refractivity contribution in [1.29, 1.82) is 5.26 Å². The van der Waals surface area contributed by atoms with Crippen LogP contribution in [0.15, 0.2) is 11.5 Å².